The molecule has 1 amide bonds. The Kier molecular flexibility index (Phi) is 6.34. The summed E-state index contributed by atoms with van der Waals surface area (Å²) in [6.45, 7) is 3.10. The molecule has 0 aliphatic carbocycles. The van der Waals surface area contributed by atoms with Gasteiger partial charge in [0, 0.05) is 6.42 Å². The molecule has 2 atom stereocenters. The number of ether oxygens (including phenoxy) is 2. The van der Waals surface area contributed by atoms with Gasteiger partial charge in [-0.15, -0.1) is 12.4 Å². The maximum absolute atomic E-state index is 11.9. The van der Waals surface area contributed by atoms with E-state index in [1.165, 1.54) is 6.42 Å². The molecule has 0 bridgehead atoms. The van der Waals surface area contributed by atoms with Gasteiger partial charge in [-0.1, -0.05) is 12.1 Å². The van der Waals surface area contributed by atoms with Gasteiger partial charge in [0.2, 0.25) is 5.91 Å². The van der Waals surface area contributed by atoms with Gasteiger partial charge in [0.25, 0.3) is 0 Å². The summed E-state index contributed by atoms with van der Waals surface area (Å²) < 4.78 is 11.4. The Balaban J connectivity index is 0.00000176. The predicted molar refractivity (Wildman–Crippen MR) is 86.8 cm³/mol. The molecule has 0 saturated carbocycles. The Morgan fingerprint density at radius 3 is 2.91 bits per heavy atom. The monoisotopic (exact) mass is 326 g/mol. The highest BCUT2D eigenvalue weighted by atomic mass is 35.5. The second-order valence-electron chi connectivity index (χ2n) is 5.70. The lowest BCUT2D eigenvalue weighted by molar-refractivity contribution is -0.121. The first-order chi connectivity index (χ1) is 10.3. The number of amides is 1. The molecule has 1 fully saturated rings. The first kappa shape index (κ1) is 16.9. The van der Waals surface area contributed by atoms with Crippen LogP contribution in [0.2, 0.25) is 0 Å². The summed E-state index contributed by atoms with van der Waals surface area (Å²) in [4.78, 5) is 11.9. The van der Waals surface area contributed by atoms with Crippen molar-refractivity contribution in [2.75, 3.05) is 26.2 Å². The molecule has 0 spiro atoms. The molecule has 122 valence electrons. The molecule has 2 aliphatic rings. The fraction of sp³-hybridized carbons (Fsp3) is 0.562. The van der Waals surface area contributed by atoms with E-state index in [1.54, 1.807) is 0 Å². The highest BCUT2D eigenvalue weighted by molar-refractivity contribution is 5.85. The van der Waals surface area contributed by atoms with Gasteiger partial charge in [0.1, 0.15) is 12.7 Å². The Labute approximate surface area is 137 Å². The van der Waals surface area contributed by atoms with Crippen LogP contribution in [0.4, 0.5) is 0 Å². The first-order valence-electron chi connectivity index (χ1n) is 7.67. The molecule has 6 heteroatoms. The van der Waals surface area contributed by atoms with Gasteiger partial charge in [-0.2, -0.15) is 0 Å². The molecule has 2 N–H and O–H groups in total. The fourth-order valence-corrected chi connectivity index (χ4v) is 2.78. The molecule has 2 aliphatic heterocycles. The summed E-state index contributed by atoms with van der Waals surface area (Å²) >= 11 is 0. The SMILES string of the molecule is Cl.O=C(CCC1CCNC1)NCC1COc2ccccc2O1. The van der Waals surface area contributed by atoms with Gasteiger partial charge >= 0.3 is 0 Å². The second kappa shape index (κ2) is 8.25. The van der Waals surface area contributed by atoms with Crippen LogP contribution in [-0.2, 0) is 4.79 Å². The van der Waals surface area contributed by atoms with E-state index in [0.29, 0.717) is 25.5 Å². The van der Waals surface area contributed by atoms with Crippen molar-refractivity contribution >= 4 is 18.3 Å². The molecular formula is C16H23ClN2O3. The van der Waals surface area contributed by atoms with Crippen LogP contribution in [-0.4, -0.2) is 38.3 Å². The van der Waals surface area contributed by atoms with Crippen molar-refractivity contribution in [3.05, 3.63) is 24.3 Å². The van der Waals surface area contributed by atoms with E-state index in [0.717, 1.165) is 31.0 Å². The molecule has 5 nitrogen and oxygen atoms in total. The highest BCUT2D eigenvalue weighted by Crippen LogP contribution is 2.30. The van der Waals surface area contributed by atoms with Crippen LogP contribution in [0, 0.1) is 5.92 Å². The lowest BCUT2D eigenvalue weighted by Gasteiger charge is -2.26. The largest absolute Gasteiger partial charge is 0.486 e. The average molecular weight is 327 g/mol. The highest BCUT2D eigenvalue weighted by Gasteiger charge is 2.21. The van der Waals surface area contributed by atoms with E-state index < -0.39 is 0 Å². The van der Waals surface area contributed by atoms with Gasteiger partial charge in [0.15, 0.2) is 11.5 Å². The summed E-state index contributed by atoms with van der Waals surface area (Å²) in [6, 6.07) is 7.61. The molecule has 3 rings (SSSR count). The third-order valence-electron chi connectivity index (χ3n) is 4.04. The number of nitrogens with one attached hydrogen (secondary N) is 2. The fourth-order valence-electron chi connectivity index (χ4n) is 2.78. The van der Waals surface area contributed by atoms with E-state index in [9.17, 15) is 4.79 Å². The number of carbonyl (C=O) groups excluding carboxylic acids is 1. The lowest BCUT2D eigenvalue weighted by Crippen LogP contribution is -2.40. The van der Waals surface area contributed by atoms with Crippen molar-refractivity contribution < 1.29 is 14.3 Å². The number of fused-ring (bicyclic) bond motifs is 1. The minimum atomic E-state index is -0.114. The average Bonchev–Trinajstić information content (AvgIpc) is 3.04. The number of hydrogen-bond acceptors (Lipinski definition) is 4. The van der Waals surface area contributed by atoms with Gasteiger partial charge in [-0.05, 0) is 44.0 Å². The zero-order valence-corrected chi connectivity index (χ0v) is 13.4. The maximum Gasteiger partial charge on any atom is 0.220 e. The third kappa shape index (κ3) is 4.52. The van der Waals surface area contributed by atoms with Crippen molar-refractivity contribution in [3.8, 4) is 11.5 Å². The topological polar surface area (TPSA) is 59.6 Å². The van der Waals surface area contributed by atoms with Crippen molar-refractivity contribution in [1.29, 1.82) is 0 Å². The molecule has 1 saturated heterocycles. The number of para-hydroxylation sites is 2. The quantitative estimate of drug-likeness (QED) is 0.865. The van der Waals surface area contributed by atoms with E-state index in [-0.39, 0.29) is 24.4 Å². The van der Waals surface area contributed by atoms with Crippen molar-refractivity contribution in [2.45, 2.75) is 25.4 Å². The van der Waals surface area contributed by atoms with Crippen LogP contribution in [0.25, 0.3) is 0 Å². The van der Waals surface area contributed by atoms with Crippen LogP contribution in [0.5, 0.6) is 11.5 Å². The Hall–Kier alpha value is -1.46. The summed E-state index contributed by atoms with van der Waals surface area (Å²) in [7, 11) is 0. The number of hydrogen-bond donors (Lipinski definition) is 2. The van der Waals surface area contributed by atoms with Gasteiger partial charge in [-0.3, -0.25) is 4.79 Å². The minimum absolute atomic E-state index is 0. The molecular weight excluding hydrogens is 304 g/mol. The first-order valence-corrected chi connectivity index (χ1v) is 7.67. The minimum Gasteiger partial charge on any atom is -0.486 e. The zero-order valence-electron chi connectivity index (χ0n) is 12.5. The molecule has 0 radical (unpaired) electrons. The van der Waals surface area contributed by atoms with Gasteiger partial charge in [0.05, 0.1) is 6.54 Å². The van der Waals surface area contributed by atoms with Gasteiger partial charge < -0.3 is 20.1 Å². The van der Waals surface area contributed by atoms with Crippen LogP contribution in [0.3, 0.4) is 0 Å². The zero-order chi connectivity index (χ0) is 14.5. The molecule has 2 heterocycles. The van der Waals surface area contributed by atoms with Crippen molar-refractivity contribution in [2.24, 2.45) is 5.92 Å². The molecule has 22 heavy (non-hydrogen) atoms. The molecule has 1 aromatic carbocycles. The number of rotatable bonds is 5. The van der Waals surface area contributed by atoms with Gasteiger partial charge in [-0.25, -0.2) is 0 Å². The standard InChI is InChI=1S/C16H22N2O3.ClH/c19-16(6-5-12-7-8-17-9-12)18-10-13-11-20-14-3-1-2-4-15(14)21-13;/h1-4,12-13,17H,5-11H2,(H,18,19);1H. The molecule has 1 aromatic rings. The van der Waals surface area contributed by atoms with Crippen LogP contribution in [0.15, 0.2) is 24.3 Å². The van der Waals surface area contributed by atoms with Crippen molar-refractivity contribution in [3.63, 3.8) is 0 Å². The summed E-state index contributed by atoms with van der Waals surface area (Å²) in [6.07, 6.45) is 2.63. The molecule has 2 unspecified atom stereocenters. The normalized spacial score (nSPS) is 22.7. The van der Waals surface area contributed by atoms with Crippen LogP contribution in [0.1, 0.15) is 19.3 Å². The summed E-state index contributed by atoms with van der Waals surface area (Å²) in [5.74, 6) is 2.27. The van der Waals surface area contributed by atoms with Crippen LogP contribution < -0.4 is 20.1 Å². The van der Waals surface area contributed by atoms with Crippen LogP contribution >= 0.6 is 12.4 Å². The summed E-state index contributed by atoms with van der Waals surface area (Å²) in [5, 5.41) is 6.26. The molecule has 0 aromatic heterocycles. The van der Waals surface area contributed by atoms with E-state index in [2.05, 4.69) is 10.6 Å². The second-order valence-corrected chi connectivity index (χ2v) is 5.70. The number of halogens is 1. The Bertz CT molecular complexity index is 492. The van der Waals surface area contributed by atoms with E-state index in [4.69, 9.17) is 9.47 Å². The number of benzene rings is 1. The Morgan fingerprint density at radius 1 is 1.32 bits per heavy atom. The lowest BCUT2D eigenvalue weighted by atomic mass is 10.0. The van der Waals surface area contributed by atoms with E-state index >= 15 is 0 Å². The maximum atomic E-state index is 11.9. The third-order valence-corrected chi connectivity index (χ3v) is 4.04. The van der Waals surface area contributed by atoms with E-state index in [1.807, 2.05) is 24.3 Å². The summed E-state index contributed by atoms with van der Waals surface area (Å²) in [5.41, 5.74) is 0. The Morgan fingerprint density at radius 2 is 2.14 bits per heavy atom. The number of carbonyl (C=O) groups is 1. The smallest absolute Gasteiger partial charge is 0.220 e. The van der Waals surface area contributed by atoms with Crippen molar-refractivity contribution in [1.82, 2.24) is 10.6 Å². The predicted octanol–water partition coefficient (Wildman–Crippen LogP) is 1.75.